The van der Waals surface area contributed by atoms with E-state index < -0.39 is 10.0 Å². The molecule has 3 heterocycles. The van der Waals surface area contributed by atoms with E-state index in [1.54, 1.807) is 30.1 Å². The minimum Gasteiger partial charge on any atom is -0.360 e. The van der Waals surface area contributed by atoms with Crippen molar-refractivity contribution in [2.24, 2.45) is 0 Å². The molecule has 0 radical (unpaired) electrons. The Labute approximate surface area is 144 Å². The number of hydrogen-bond donors (Lipinski definition) is 0. The third-order valence-electron chi connectivity index (χ3n) is 4.15. The lowest BCUT2D eigenvalue weighted by molar-refractivity contribution is -0.132. The van der Waals surface area contributed by atoms with Gasteiger partial charge in [-0.2, -0.15) is 4.31 Å². The molecule has 2 aromatic rings. The van der Waals surface area contributed by atoms with Crippen LogP contribution in [0.15, 0.2) is 20.9 Å². The predicted molar refractivity (Wildman–Crippen MR) is 89.2 cm³/mol. The fourth-order valence-electron chi connectivity index (χ4n) is 2.84. The summed E-state index contributed by atoms with van der Waals surface area (Å²) >= 11 is 1.70. The average Bonchev–Trinajstić information content (AvgIpc) is 3.12. The van der Waals surface area contributed by atoms with E-state index in [1.165, 1.54) is 11.9 Å². The quantitative estimate of drug-likeness (QED) is 0.817. The number of aryl methyl sites for hydroxylation is 2. The van der Waals surface area contributed by atoms with Crippen LogP contribution in [0, 0.1) is 13.8 Å². The van der Waals surface area contributed by atoms with Crippen LogP contribution < -0.4 is 0 Å². The number of likely N-dealkylation sites (N-methyl/N-ethyl adjacent to an activating group) is 1. The van der Waals surface area contributed by atoms with Gasteiger partial charge in [-0.25, -0.2) is 8.42 Å². The van der Waals surface area contributed by atoms with Crippen LogP contribution in [-0.4, -0.2) is 48.8 Å². The van der Waals surface area contributed by atoms with E-state index in [-0.39, 0.29) is 23.1 Å². The first kappa shape index (κ1) is 17.1. The van der Waals surface area contributed by atoms with Gasteiger partial charge in [-0.05, 0) is 37.3 Å². The molecule has 0 saturated carbocycles. The third-order valence-corrected chi connectivity index (χ3v) is 7.23. The maximum Gasteiger partial charge on any atom is 0.248 e. The van der Waals surface area contributed by atoms with E-state index in [9.17, 15) is 13.2 Å². The van der Waals surface area contributed by atoms with Gasteiger partial charge in [-0.1, -0.05) is 5.16 Å². The third kappa shape index (κ3) is 2.99. The second kappa shape index (κ2) is 6.30. The highest BCUT2D eigenvalue weighted by Crippen LogP contribution is 2.25. The Bertz CT molecular complexity index is 850. The molecule has 0 bridgehead atoms. The Morgan fingerprint density at radius 2 is 2.21 bits per heavy atom. The summed E-state index contributed by atoms with van der Waals surface area (Å²) in [6, 6.07) is 2.02. The Hall–Kier alpha value is -1.71. The molecule has 3 rings (SSSR count). The van der Waals surface area contributed by atoms with Crippen molar-refractivity contribution in [1.29, 1.82) is 0 Å². The number of thiophene rings is 1. The minimum absolute atomic E-state index is 0.0385. The molecule has 0 atom stereocenters. The van der Waals surface area contributed by atoms with Gasteiger partial charge >= 0.3 is 0 Å². The summed E-state index contributed by atoms with van der Waals surface area (Å²) in [4.78, 5) is 15.6. The Morgan fingerprint density at radius 3 is 2.88 bits per heavy atom. The minimum atomic E-state index is -3.81. The zero-order chi connectivity index (χ0) is 17.5. The molecule has 0 fully saturated rings. The number of rotatable bonds is 4. The fraction of sp³-hybridized carbons (Fsp3) is 0.467. The summed E-state index contributed by atoms with van der Waals surface area (Å²) in [5.41, 5.74) is 1.45. The second-order valence-electron chi connectivity index (χ2n) is 5.85. The molecule has 130 valence electrons. The summed E-state index contributed by atoms with van der Waals surface area (Å²) in [5, 5.41) is 5.70. The van der Waals surface area contributed by atoms with Crippen LogP contribution in [0.5, 0.6) is 0 Å². The van der Waals surface area contributed by atoms with E-state index in [1.807, 2.05) is 11.4 Å². The monoisotopic (exact) mass is 369 g/mol. The number of carbonyl (C=O) groups is 1. The standard InChI is InChI=1S/C15H19N3O4S2/c1-10-15(11(2)22-16-10)24(20,21)17(3)9-14(19)18-6-4-13-12(8-18)5-7-23-13/h5,7H,4,6,8-9H2,1-3H3. The second-order valence-corrected chi connectivity index (χ2v) is 8.83. The number of carbonyl (C=O) groups excluding carboxylic acids is 1. The first-order valence-electron chi connectivity index (χ1n) is 7.53. The van der Waals surface area contributed by atoms with Crippen molar-refractivity contribution in [2.45, 2.75) is 31.7 Å². The van der Waals surface area contributed by atoms with Gasteiger partial charge in [-0.3, -0.25) is 4.79 Å². The number of nitrogens with zero attached hydrogens (tertiary/aromatic N) is 3. The van der Waals surface area contributed by atoms with Crippen molar-refractivity contribution in [2.75, 3.05) is 20.1 Å². The molecule has 0 unspecified atom stereocenters. The SMILES string of the molecule is Cc1noc(C)c1S(=O)(=O)N(C)CC(=O)N1CCc2sccc2C1. The summed E-state index contributed by atoms with van der Waals surface area (Å²) in [7, 11) is -2.41. The van der Waals surface area contributed by atoms with Crippen LogP contribution in [0.25, 0.3) is 0 Å². The van der Waals surface area contributed by atoms with Gasteiger partial charge in [0.05, 0.1) is 6.54 Å². The van der Waals surface area contributed by atoms with Crippen LogP contribution in [0.1, 0.15) is 21.9 Å². The lowest BCUT2D eigenvalue weighted by atomic mass is 10.1. The largest absolute Gasteiger partial charge is 0.360 e. The number of hydrogen-bond acceptors (Lipinski definition) is 6. The van der Waals surface area contributed by atoms with E-state index in [0.717, 1.165) is 16.3 Å². The highest BCUT2D eigenvalue weighted by atomic mass is 32.2. The number of amides is 1. The first-order chi connectivity index (χ1) is 11.3. The van der Waals surface area contributed by atoms with Gasteiger partial charge in [-0.15, -0.1) is 11.3 Å². The van der Waals surface area contributed by atoms with Crippen molar-refractivity contribution >= 4 is 27.3 Å². The molecule has 0 aliphatic carbocycles. The van der Waals surface area contributed by atoms with Crippen molar-refractivity contribution in [3.63, 3.8) is 0 Å². The van der Waals surface area contributed by atoms with Gasteiger partial charge in [0.25, 0.3) is 0 Å². The fourth-order valence-corrected chi connectivity index (χ4v) is 5.13. The highest BCUT2D eigenvalue weighted by Gasteiger charge is 2.31. The topological polar surface area (TPSA) is 83.7 Å². The van der Waals surface area contributed by atoms with Crippen molar-refractivity contribution < 1.29 is 17.7 Å². The van der Waals surface area contributed by atoms with Crippen molar-refractivity contribution in [3.8, 4) is 0 Å². The van der Waals surface area contributed by atoms with Crippen molar-refractivity contribution in [1.82, 2.24) is 14.4 Å². The van der Waals surface area contributed by atoms with Crippen LogP contribution in [-0.2, 0) is 27.8 Å². The van der Waals surface area contributed by atoms with Crippen LogP contribution in [0.4, 0.5) is 0 Å². The van der Waals surface area contributed by atoms with E-state index in [4.69, 9.17) is 4.52 Å². The molecule has 0 N–H and O–H groups in total. The molecule has 0 aromatic carbocycles. The van der Waals surface area contributed by atoms with Gasteiger partial charge in [0.1, 0.15) is 10.6 Å². The lowest BCUT2D eigenvalue weighted by Gasteiger charge is -2.28. The Balaban J connectivity index is 1.73. The predicted octanol–water partition coefficient (Wildman–Crippen LogP) is 1.56. The van der Waals surface area contributed by atoms with E-state index in [0.29, 0.717) is 18.8 Å². The zero-order valence-corrected chi connectivity index (χ0v) is 15.4. The summed E-state index contributed by atoms with van der Waals surface area (Å²) in [5.74, 6) is 0.0253. The Morgan fingerprint density at radius 1 is 1.46 bits per heavy atom. The smallest absolute Gasteiger partial charge is 0.248 e. The van der Waals surface area contributed by atoms with Gasteiger partial charge in [0, 0.05) is 25.0 Å². The maximum atomic E-state index is 12.7. The van der Waals surface area contributed by atoms with E-state index >= 15 is 0 Å². The number of fused-ring (bicyclic) bond motifs is 1. The molecule has 1 aliphatic heterocycles. The molecule has 0 spiro atoms. The summed E-state index contributed by atoms with van der Waals surface area (Å²) in [6.07, 6.45) is 0.819. The molecule has 1 aliphatic rings. The molecule has 1 amide bonds. The number of sulfonamides is 1. The zero-order valence-electron chi connectivity index (χ0n) is 13.8. The molecule has 24 heavy (non-hydrogen) atoms. The molecular formula is C15H19N3O4S2. The molecule has 7 nitrogen and oxygen atoms in total. The molecule has 2 aromatic heterocycles. The summed E-state index contributed by atoms with van der Waals surface area (Å²) < 4.78 is 31.3. The normalized spacial score (nSPS) is 14.9. The lowest BCUT2D eigenvalue weighted by Crippen LogP contribution is -2.43. The average molecular weight is 369 g/mol. The molecule has 0 saturated heterocycles. The first-order valence-corrected chi connectivity index (χ1v) is 9.85. The van der Waals surface area contributed by atoms with Gasteiger partial charge in [0.2, 0.25) is 15.9 Å². The number of aromatic nitrogens is 1. The van der Waals surface area contributed by atoms with Crippen LogP contribution >= 0.6 is 11.3 Å². The maximum absolute atomic E-state index is 12.7. The molecule has 9 heteroatoms. The van der Waals surface area contributed by atoms with Crippen molar-refractivity contribution in [3.05, 3.63) is 33.3 Å². The van der Waals surface area contributed by atoms with Gasteiger partial charge < -0.3 is 9.42 Å². The highest BCUT2D eigenvalue weighted by molar-refractivity contribution is 7.89. The van der Waals surface area contributed by atoms with Crippen LogP contribution in [0.3, 0.4) is 0 Å². The summed E-state index contributed by atoms with van der Waals surface area (Å²) in [6.45, 7) is 4.07. The van der Waals surface area contributed by atoms with Crippen LogP contribution in [0.2, 0.25) is 0 Å². The molecular weight excluding hydrogens is 350 g/mol. The van der Waals surface area contributed by atoms with E-state index in [2.05, 4.69) is 5.16 Å². The Kier molecular flexibility index (Phi) is 4.50. The van der Waals surface area contributed by atoms with Gasteiger partial charge in [0.15, 0.2) is 5.76 Å².